The standard InChI is InChI=1S/C12H19N5/c1-9-11(8-17(4)15-9)12(13-2)5-10-6-14-16(3)7-10/h6-8,12-13H,5H2,1-4H3. The quantitative estimate of drug-likeness (QED) is 0.856. The Morgan fingerprint density at radius 3 is 2.53 bits per heavy atom. The first-order valence-electron chi connectivity index (χ1n) is 5.75. The van der Waals surface area contributed by atoms with Crippen LogP contribution in [0.2, 0.25) is 0 Å². The lowest BCUT2D eigenvalue weighted by Crippen LogP contribution is -2.19. The van der Waals surface area contributed by atoms with E-state index in [9.17, 15) is 0 Å². The van der Waals surface area contributed by atoms with E-state index < -0.39 is 0 Å². The number of hydrogen-bond acceptors (Lipinski definition) is 3. The van der Waals surface area contributed by atoms with Gasteiger partial charge in [-0.1, -0.05) is 0 Å². The first-order chi connectivity index (χ1) is 8.10. The zero-order chi connectivity index (χ0) is 12.4. The van der Waals surface area contributed by atoms with Crippen molar-refractivity contribution in [3.05, 3.63) is 35.4 Å². The van der Waals surface area contributed by atoms with Gasteiger partial charge in [-0.3, -0.25) is 9.36 Å². The molecule has 0 amide bonds. The summed E-state index contributed by atoms with van der Waals surface area (Å²) in [5.74, 6) is 0. The summed E-state index contributed by atoms with van der Waals surface area (Å²) >= 11 is 0. The Morgan fingerprint density at radius 1 is 1.29 bits per heavy atom. The molecule has 0 bridgehead atoms. The molecule has 0 spiro atoms. The Hall–Kier alpha value is -1.62. The number of likely N-dealkylation sites (N-methyl/N-ethyl adjacent to an activating group) is 1. The van der Waals surface area contributed by atoms with E-state index in [0.717, 1.165) is 12.1 Å². The molecule has 5 heteroatoms. The molecule has 2 aromatic rings. The Kier molecular flexibility index (Phi) is 3.28. The van der Waals surface area contributed by atoms with E-state index in [1.807, 2.05) is 43.6 Å². The summed E-state index contributed by atoms with van der Waals surface area (Å²) in [4.78, 5) is 0. The molecule has 0 saturated heterocycles. The predicted molar refractivity (Wildman–Crippen MR) is 66.7 cm³/mol. The van der Waals surface area contributed by atoms with Crippen molar-refractivity contribution in [2.45, 2.75) is 19.4 Å². The zero-order valence-corrected chi connectivity index (χ0v) is 10.8. The van der Waals surface area contributed by atoms with E-state index in [1.54, 1.807) is 0 Å². The highest BCUT2D eigenvalue weighted by Crippen LogP contribution is 2.20. The van der Waals surface area contributed by atoms with Crippen LogP contribution < -0.4 is 5.32 Å². The molecular weight excluding hydrogens is 214 g/mol. The van der Waals surface area contributed by atoms with Gasteiger partial charge in [-0.05, 0) is 26.0 Å². The van der Waals surface area contributed by atoms with Gasteiger partial charge in [0.1, 0.15) is 0 Å². The van der Waals surface area contributed by atoms with Crippen molar-refractivity contribution in [3.63, 3.8) is 0 Å². The Bertz CT molecular complexity index is 497. The maximum Gasteiger partial charge on any atom is 0.0641 e. The molecule has 0 radical (unpaired) electrons. The molecule has 1 atom stereocenters. The van der Waals surface area contributed by atoms with Crippen LogP contribution in [-0.2, 0) is 20.5 Å². The minimum atomic E-state index is 0.285. The minimum Gasteiger partial charge on any atom is -0.313 e. The average molecular weight is 233 g/mol. The summed E-state index contributed by atoms with van der Waals surface area (Å²) < 4.78 is 3.69. The fraction of sp³-hybridized carbons (Fsp3) is 0.500. The molecule has 1 N–H and O–H groups in total. The van der Waals surface area contributed by atoms with E-state index >= 15 is 0 Å². The lowest BCUT2D eigenvalue weighted by Gasteiger charge is -2.14. The number of nitrogens with zero attached hydrogens (tertiary/aromatic N) is 4. The summed E-state index contributed by atoms with van der Waals surface area (Å²) in [5.41, 5.74) is 3.56. The highest BCUT2D eigenvalue weighted by molar-refractivity contribution is 5.22. The van der Waals surface area contributed by atoms with Crippen molar-refractivity contribution in [2.24, 2.45) is 14.1 Å². The lowest BCUT2D eigenvalue weighted by molar-refractivity contribution is 0.588. The first kappa shape index (κ1) is 11.9. The van der Waals surface area contributed by atoms with Crippen molar-refractivity contribution in [1.29, 1.82) is 0 Å². The number of rotatable bonds is 4. The van der Waals surface area contributed by atoms with Gasteiger partial charge >= 0.3 is 0 Å². The second-order valence-corrected chi connectivity index (χ2v) is 4.41. The van der Waals surface area contributed by atoms with Crippen LogP contribution in [0.4, 0.5) is 0 Å². The maximum absolute atomic E-state index is 4.38. The van der Waals surface area contributed by atoms with Gasteiger partial charge in [-0.15, -0.1) is 0 Å². The van der Waals surface area contributed by atoms with E-state index in [-0.39, 0.29) is 6.04 Å². The van der Waals surface area contributed by atoms with Crippen LogP contribution in [0.15, 0.2) is 18.6 Å². The molecule has 2 rings (SSSR count). The molecule has 92 valence electrons. The van der Waals surface area contributed by atoms with Crippen molar-refractivity contribution in [1.82, 2.24) is 24.9 Å². The van der Waals surface area contributed by atoms with Gasteiger partial charge in [-0.2, -0.15) is 10.2 Å². The number of aromatic nitrogens is 4. The summed E-state index contributed by atoms with van der Waals surface area (Å²) in [5, 5.41) is 11.9. The van der Waals surface area contributed by atoms with E-state index in [2.05, 4.69) is 27.9 Å². The average Bonchev–Trinajstić information content (AvgIpc) is 2.82. The SMILES string of the molecule is CNC(Cc1cnn(C)c1)c1cn(C)nc1C. The number of aryl methyl sites for hydroxylation is 3. The van der Waals surface area contributed by atoms with Crippen molar-refractivity contribution in [2.75, 3.05) is 7.05 Å². The monoisotopic (exact) mass is 233 g/mol. The molecule has 0 aromatic carbocycles. The van der Waals surface area contributed by atoms with Crippen molar-refractivity contribution >= 4 is 0 Å². The smallest absolute Gasteiger partial charge is 0.0641 e. The molecule has 17 heavy (non-hydrogen) atoms. The predicted octanol–water partition coefficient (Wildman–Crippen LogP) is 0.965. The van der Waals surface area contributed by atoms with E-state index in [1.165, 1.54) is 11.1 Å². The van der Waals surface area contributed by atoms with Crippen LogP contribution in [0.5, 0.6) is 0 Å². The molecule has 2 heterocycles. The third kappa shape index (κ3) is 2.55. The maximum atomic E-state index is 4.38. The molecule has 0 aliphatic carbocycles. The van der Waals surface area contributed by atoms with Crippen molar-refractivity contribution in [3.8, 4) is 0 Å². The summed E-state index contributed by atoms with van der Waals surface area (Å²) in [6.45, 7) is 2.04. The highest BCUT2D eigenvalue weighted by atomic mass is 15.3. The third-order valence-electron chi connectivity index (χ3n) is 2.97. The molecular formula is C12H19N5. The molecule has 5 nitrogen and oxygen atoms in total. The Balaban J connectivity index is 2.19. The Morgan fingerprint density at radius 2 is 2.06 bits per heavy atom. The van der Waals surface area contributed by atoms with Gasteiger partial charge in [0.15, 0.2) is 0 Å². The van der Waals surface area contributed by atoms with Crippen LogP contribution in [0.1, 0.15) is 22.9 Å². The van der Waals surface area contributed by atoms with E-state index in [0.29, 0.717) is 0 Å². The first-order valence-corrected chi connectivity index (χ1v) is 5.75. The minimum absolute atomic E-state index is 0.285. The van der Waals surface area contributed by atoms with Gasteiger partial charge in [0, 0.05) is 38.1 Å². The summed E-state index contributed by atoms with van der Waals surface area (Å²) in [7, 11) is 5.87. The van der Waals surface area contributed by atoms with E-state index in [4.69, 9.17) is 0 Å². The van der Waals surface area contributed by atoms with Crippen LogP contribution in [0, 0.1) is 6.92 Å². The fourth-order valence-electron chi connectivity index (χ4n) is 2.14. The van der Waals surface area contributed by atoms with Gasteiger partial charge in [0.05, 0.1) is 11.9 Å². The molecule has 0 aliphatic rings. The van der Waals surface area contributed by atoms with Crippen LogP contribution >= 0.6 is 0 Å². The largest absolute Gasteiger partial charge is 0.313 e. The normalized spacial score (nSPS) is 12.9. The Labute approximate surface area is 101 Å². The van der Waals surface area contributed by atoms with Crippen LogP contribution in [-0.4, -0.2) is 26.6 Å². The second kappa shape index (κ2) is 4.71. The molecule has 0 aliphatic heterocycles. The molecule has 2 aromatic heterocycles. The zero-order valence-electron chi connectivity index (χ0n) is 10.8. The van der Waals surface area contributed by atoms with Gasteiger partial charge in [-0.25, -0.2) is 0 Å². The summed E-state index contributed by atoms with van der Waals surface area (Å²) in [6.07, 6.45) is 6.97. The lowest BCUT2D eigenvalue weighted by atomic mass is 10.0. The topological polar surface area (TPSA) is 47.7 Å². The molecule has 1 unspecified atom stereocenters. The summed E-state index contributed by atoms with van der Waals surface area (Å²) in [6, 6.07) is 0.285. The van der Waals surface area contributed by atoms with Crippen LogP contribution in [0.25, 0.3) is 0 Å². The van der Waals surface area contributed by atoms with Gasteiger partial charge in [0.25, 0.3) is 0 Å². The third-order valence-corrected chi connectivity index (χ3v) is 2.97. The second-order valence-electron chi connectivity index (χ2n) is 4.41. The van der Waals surface area contributed by atoms with Gasteiger partial charge < -0.3 is 5.32 Å². The number of hydrogen-bond donors (Lipinski definition) is 1. The molecule has 0 fully saturated rings. The number of nitrogens with one attached hydrogen (secondary N) is 1. The fourth-order valence-corrected chi connectivity index (χ4v) is 2.14. The van der Waals surface area contributed by atoms with Crippen LogP contribution in [0.3, 0.4) is 0 Å². The molecule has 0 saturated carbocycles. The van der Waals surface area contributed by atoms with Gasteiger partial charge in [0.2, 0.25) is 0 Å². The highest BCUT2D eigenvalue weighted by Gasteiger charge is 2.15. The van der Waals surface area contributed by atoms with Crippen molar-refractivity contribution < 1.29 is 0 Å².